The summed E-state index contributed by atoms with van der Waals surface area (Å²) in [5.41, 5.74) is 2.25. The number of rotatable bonds is 4. The van der Waals surface area contributed by atoms with Crippen LogP contribution in [-0.4, -0.2) is 19.2 Å². The van der Waals surface area contributed by atoms with Gasteiger partial charge in [-0.1, -0.05) is 12.1 Å². The third kappa shape index (κ3) is 2.90. The molecule has 3 rings (SSSR count). The molecule has 6 heteroatoms. The second-order valence-corrected chi connectivity index (χ2v) is 6.30. The third-order valence-electron chi connectivity index (χ3n) is 2.97. The first-order valence-corrected chi connectivity index (χ1v) is 8.03. The van der Waals surface area contributed by atoms with Crippen molar-refractivity contribution in [2.24, 2.45) is 0 Å². The van der Waals surface area contributed by atoms with Crippen molar-refractivity contribution >= 4 is 21.2 Å². The highest BCUT2D eigenvalue weighted by Crippen LogP contribution is 2.26. The van der Waals surface area contributed by atoms with Crippen molar-refractivity contribution in [1.82, 2.24) is 4.98 Å². The zero-order valence-corrected chi connectivity index (χ0v) is 12.1. The molecule has 1 heterocycles. The fourth-order valence-corrected chi connectivity index (χ4v) is 2.38. The molecule has 0 radical (unpaired) electrons. The fourth-order valence-electron chi connectivity index (χ4n) is 1.85. The van der Waals surface area contributed by atoms with Gasteiger partial charge < -0.3 is 8.60 Å². The number of fused-ring (bicyclic) bond motifs is 1. The van der Waals surface area contributed by atoms with Crippen molar-refractivity contribution in [3.63, 3.8) is 0 Å². The van der Waals surface area contributed by atoms with Crippen LogP contribution in [0.4, 0.5) is 0 Å². The highest BCUT2D eigenvalue weighted by atomic mass is 32.2. The predicted molar refractivity (Wildman–Crippen MR) is 79.5 cm³/mol. The maximum Gasteiger partial charge on any atom is 0.308 e. The van der Waals surface area contributed by atoms with Crippen LogP contribution in [-0.2, 0) is 10.1 Å². The Morgan fingerprint density at radius 1 is 1.10 bits per heavy atom. The molecule has 0 saturated heterocycles. The molecule has 0 aliphatic carbocycles. The van der Waals surface area contributed by atoms with Crippen molar-refractivity contribution < 1.29 is 17.0 Å². The molecule has 0 atom stereocenters. The average Bonchev–Trinajstić information content (AvgIpc) is 2.91. The van der Waals surface area contributed by atoms with E-state index < -0.39 is 10.1 Å². The summed E-state index contributed by atoms with van der Waals surface area (Å²) in [6.45, 7) is 1.53. The minimum atomic E-state index is -3.51. The van der Waals surface area contributed by atoms with Gasteiger partial charge in [0.15, 0.2) is 5.58 Å². The first kappa shape index (κ1) is 13.6. The van der Waals surface area contributed by atoms with Gasteiger partial charge in [-0.25, -0.2) is 4.98 Å². The van der Waals surface area contributed by atoms with Crippen LogP contribution in [0.1, 0.15) is 6.92 Å². The van der Waals surface area contributed by atoms with Crippen molar-refractivity contribution in [2.75, 3.05) is 5.75 Å². The summed E-state index contributed by atoms with van der Waals surface area (Å²) in [5, 5.41) is 0. The number of hydrogen-bond donors (Lipinski definition) is 0. The Bertz CT molecular complexity index is 833. The Labute approximate surface area is 122 Å². The molecule has 108 valence electrons. The van der Waals surface area contributed by atoms with E-state index in [2.05, 4.69) is 4.98 Å². The molecule has 1 aromatic heterocycles. The summed E-state index contributed by atoms with van der Waals surface area (Å²) >= 11 is 0. The van der Waals surface area contributed by atoms with Gasteiger partial charge in [0.1, 0.15) is 11.3 Å². The average molecular weight is 303 g/mol. The van der Waals surface area contributed by atoms with Gasteiger partial charge in [0.25, 0.3) is 0 Å². The lowest BCUT2D eigenvalue weighted by Gasteiger charge is -2.04. The number of benzene rings is 2. The first-order valence-electron chi connectivity index (χ1n) is 6.45. The van der Waals surface area contributed by atoms with Crippen molar-refractivity contribution in [1.29, 1.82) is 0 Å². The monoisotopic (exact) mass is 303 g/mol. The summed E-state index contributed by atoms with van der Waals surface area (Å²) < 4.78 is 33.3. The molecule has 0 spiro atoms. The minimum absolute atomic E-state index is 0.0696. The van der Waals surface area contributed by atoms with Gasteiger partial charge >= 0.3 is 10.1 Å². The SMILES string of the molecule is CCS(=O)(=O)Oc1ccc(-c2nc3ccccc3o2)cc1. The van der Waals surface area contributed by atoms with E-state index in [0.717, 1.165) is 11.1 Å². The lowest BCUT2D eigenvalue weighted by Crippen LogP contribution is -2.11. The zero-order valence-electron chi connectivity index (χ0n) is 11.3. The van der Waals surface area contributed by atoms with Gasteiger partial charge in [-0.15, -0.1) is 0 Å². The quantitative estimate of drug-likeness (QED) is 0.692. The molecule has 3 aromatic rings. The molecule has 0 aliphatic heterocycles. The van der Waals surface area contributed by atoms with E-state index >= 15 is 0 Å². The second kappa shape index (κ2) is 5.21. The maximum absolute atomic E-state index is 11.4. The Morgan fingerprint density at radius 3 is 2.48 bits per heavy atom. The third-order valence-corrected chi connectivity index (χ3v) is 4.13. The maximum atomic E-state index is 11.4. The van der Waals surface area contributed by atoms with Gasteiger partial charge in [-0.05, 0) is 43.3 Å². The number of aromatic nitrogens is 1. The van der Waals surface area contributed by atoms with Crippen molar-refractivity contribution in [2.45, 2.75) is 6.92 Å². The van der Waals surface area contributed by atoms with Gasteiger partial charge in [0.2, 0.25) is 5.89 Å². The van der Waals surface area contributed by atoms with E-state index in [1.165, 1.54) is 6.92 Å². The normalized spacial score (nSPS) is 11.7. The van der Waals surface area contributed by atoms with Crippen LogP contribution in [0.2, 0.25) is 0 Å². The Kier molecular flexibility index (Phi) is 3.39. The lowest BCUT2D eigenvalue weighted by molar-refractivity contribution is 0.487. The van der Waals surface area contributed by atoms with Crippen LogP contribution in [0.25, 0.3) is 22.6 Å². The molecule has 0 aliphatic rings. The van der Waals surface area contributed by atoms with Crippen LogP contribution in [0, 0.1) is 0 Å². The summed E-state index contributed by atoms with van der Waals surface area (Å²) in [6.07, 6.45) is 0. The summed E-state index contributed by atoms with van der Waals surface area (Å²) in [7, 11) is -3.51. The van der Waals surface area contributed by atoms with Gasteiger partial charge in [0, 0.05) is 5.56 Å². The van der Waals surface area contributed by atoms with Crippen molar-refractivity contribution in [3.8, 4) is 17.2 Å². The fraction of sp³-hybridized carbons (Fsp3) is 0.133. The van der Waals surface area contributed by atoms with Crippen LogP contribution in [0.3, 0.4) is 0 Å². The number of nitrogens with zero attached hydrogens (tertiary/aromatic N) is 1. The molecule has 5 nitrogen and oxygen atoms in total. The smallest absolute Gasteiger partial charge is 0.308 e. The Morgan fingerprint density at radius 2 is 1.81 bits per heavy atom. The Hall–Kier alpha value is -2.34. The summed E-state index contributed by atoms with van der Waals surface area (Å²) in [4.78, 5) is 4.38. The molecule has 0 saturated carbocycles. The van der Waals surface area contributed by atoms with Crippen LogP contribution >= 0.6 is 0 Å². The molecule has 21 heavy (non-hydrogen) atoms. The van der Waals surface area contributed by atoms with E-state index in [4.69, 9.17) is 8.60 Å². The molecular weight excluding hydrogens is 290 g/mol. The largest absolute Gasteiger partial charge is 0.436 e. The second-order valence-electron chi connectivity index (χ2n) is 4.44. The van der Waals surface area contributed by atoms with E-state index in [9.17, 15) is 8.42 Å². The molecule has 0 unspecified atom stereocenters. The minimum Gasteiger partial charge on any atom is -0.436 e. The van der Waals surface area contributed by atoms with E-state index in [1.54, 1.807) is 24.3 Å². The molecule has 0 amide bonds. The zero-order chi connectivity index (χ0) is 14.9. The summed E-state index contributed by atoms with van der Waals surface area (Å²) in [6, 6.07) is 14.1. The van der Waals surface area contributed by atoms with Gasteiger partial charge in [-0.3, -0.25) is 0 Å². The van der Waals surface area contributed by atoms with Crippen LogP contribution in [0.15, 0.2) is 52.9 Å². The first-order chi connectivity index (χ1) is 10.1. The highest BCUT2D eigenvalue weighted by molar-refractivity contribution is 7.87. The van der Waals surface area contributed by atoms with Crippen LogP contribution < -0.4 is 4.18 Å². The molecule has 0 fully saturated rings. The highest BCUT2D eigenvalue weighted by Gasteiger charge is 2.11. The van der Waals surface area contributed by atoms with Gasteiger partial charge in [0.05, 0.1) is 5.75 Å². The van der Waals surface area contributed by atoms with Crippen LogP contribution in [0.5, 0.6) is 5.75 Å². The summed E-state index contributed by atoms with van der Waals surface area (Å²) in [5.74, 6) is 0.692. The molecule has 2 aromatic carbocycles. The molecule has 0 N–H and O–H groups in total. The van der Waals surface area contributed by atoms with Crippen molar-refractivity contribution in [3.05, 3.63) is 48.5 Å². The van der Waals surface area contributed by atoms with E-state index in [-0.39, 0.29) is 11.5 Å². The standard InChI is InChI=1S/C15H13NO4S/c1-2-21(17,18)20-12-9-7-11(8-10-12)15-16-13-5-3-4-6-14(13)19-15/h3-10H,2H2,1H3. The van der Waals surface area contributed by atoms with Gasteiger partial charge in [-0.2, -0.15) is 8.42 Å². The van der Waals surface area contributed by atoms with E-state index in [1.807, 2.05) is 24.3 Å². The molecular formula is C15H13NO4S. The number of hydrogen-bond acceptors (Lipinski definition) is 5. The lowest BCUT2D eigenvalue weighted by atomic mass is 10.2. The van der Waals surface area contributed by atoms with E-state index in [0.29, 0.717) is 11.5 Å². The number of oxazole rings is 1. The molecule has 0 bridgehead atoms. The topological polar surface area (TPSA) is 69.4 Å². The predicted octanol–water partition coefficient (Wildman–Crippen LogP) is 3.22. The Balaban J connectivity index is 1.90. The number of para-hydroxylation sites is 2.